The van der Waals surface area contributed by atoms with Crippen molar-refractivity contribution in [3.05, 3.63) is 66.2 Å². The lowest BCUT2D eigenvalue weighted by atomic mass is 10.1. The van der Waals surface area contributed by atoms with E-state index in [9.17, 15) is 21.6 Å². The average molecular weight is 453 g/mol. The Bertz CT molecular complexity index is 1120. The molecule has 4 nitrogen and oxygen atoms in total. The largest absolute Gasteiger partial charge is 0.434 e. The first-order valence-electron chi connectivity index (χ1n) is 10.0. The Morgan fingerprint density at radius 3 is 2.13 bits per heavy atom. The molecule has 0 aliphatic rings. The molecule has 3 aromatic rings. The standard InChI is InChI=1S/C21H21F3N2O2S.C2H6/c1-14(2)11-20-25-19(21(22,23)24)13-26(20)17-9-7-15(8-10-17)16-5-4-6-18(12-16)29(3,27)28;1-2/h4-10,12-14H,11H2,1-3H3;1-2H3. The molecule has 1 heterocycles. The van der Waals surface area contributed by atoms with E-state index in [0.29, 0.717) is 23.5 Å². The highest BCUT2D eigenvalue weighted by molar-refractivity contribution is 7.90. The minimum atomic E-state index is -4.51. The van der Waals surface area contributed by atoms with Crippen LogP contribution >= 0.6 is 0 Å². The maximum Gasteiger partial charge on any atom is 0.434 e. The topological polar surface area (TPSA) is 52.0 Å². The summed E-state index contributed by atoms with van der Waals surface area (Å²) < 4.78 is 64.4. The molecule has 0 N–H and O–H groups in total. The van der Waals surface area contributed by atoms with Crippen molar-refractivity contribution in [2.75, 3.05) is 6.26 Å². The zero-order chi connectivity index (χ0) is 23.4. The van der Waals surface area contributed by atoms with E-state index in [1.807, 2.05) is 27.7 Å². The van der Waals surface area contributed by atoms with Gasteiger partial charge in [0.25, 0.3) is 0 Å². The van der Waals surface area contributed by atoms with Crippen molar-refractivity contribution in [1.82, 2.24) is 9.55 Å². The molecule has 0 bridgehead atoms. The molecule has 3 rings (SSSR count). The number of imidazole rings is 1. The molecule has 0 unspecified atom stereocenters. The third-order valence-corrected chi connectivity index (χ3v) is 5.51. The molecular formula is C23H27F3N2O2S. The lowest BCUT2D eigenvalue weighted by Gasteiger charge is -2.11. The first-order chi connectivity index (χ1) is 14.4. The number of rotatable bonds is 5. The summed E-state index contributed by atoms with van der Waals surface area (Å²) in [6.45, 7) is 7.84. The second-order valence-corrected chi connectivity index (χ2v) is 9.37. The molecule has 0 aliphatic carbocycles. The van der Waals surface area contributed by atoms with Gasteiger partial charge in [-0.25, -0.2) is 13.4 Å². The maximum atomic E-state index is 13.1. The molecule has 0 saturated heterocycles. The van der Waals surface area contributed by atoms with Gasteiger partial charge in [-0.15, -0.1) is 0 Å². The quantitative estimate of drug-likeness (QED) is 0.464. The van der Waals surface area contributed by atoms with Gasteiger partial charge in [-0.05, 0) is 41.3 Å². The highest BCUT2D eigenvalue weighted by atomic mass is 32.2. The number of benzene rings is 2. The van der Waals surface area contributed by atoms with Crippen LogP contribution in [0.3, 0.4) is 0 Å². The molecule has 0 amide bonds. The molecule has 2 aromatic carbocycles. The molecule has 0 atom stereocenters. The summed E-state index contributed by atoms with van der Waals surface area (Å²) in [4.78, 5) is 4.00. The molecule has 0 fully saturated rings. The van der Waals surface area contributed by atoms with Crippen LogP contribution in [0.25, 0.3) is 16.8 Å². The summed E-state index contributed by atoms with van der Waals surface area (Å²) in [5.41, 5.74) is 1.12. The molecular weight excluding hydrogens is 425 g/mol. The van der Waals surface area contributed by atoms with Crippen LogP contribution in [0, 0.1) is 5.92 Å². The van der Waals surface area contributed by atoms with Crippen molar-refractivity contribution in [1.29, 1.82) is 0 Å². The lowest BCUT2D eigenvalue weighted by Crippen LogP contribution is -2.06. The fraction of sp³-hybridized carbons (Fsp3) is 0.348. The SMILES string of the molecule is CC.CC(C)Cc1nc(C(F)(F)F)cn1-c1ccc(-c2cccc(S(C)(=O)=O)c2)cc1. The van der Waals surface area contributed by atoms with Crippen molar-refractivity contribution in [3.63, 3.8) is 0 Å². The second kappa shape index (κ2) is 9.68. The zero-order valence-electron chi connectivity index (χ0n) is 18.2. The van der Waals surface area contributed by atoms with E-state index in [4.69, 9.17) is 0 Å². The Labute approximate surface area is 181 Å². The van der Waals surface area contributed by atoms with E-state index in [2.05, 4.69) is 4.98 Å². The number of alkyl halides is 3. The third-order valence-electron chi connectivity index (χ3n) is 4.40. The summed E-state index contributed by atoms with van der Waals surface area (Å²) in [5, 5.41) is 0. The van der Waals surface area contributed by atoms with Gasteiger partial charge in [0, 0.05) is 24.6 Å². The van der Waals surface area contributed by atoms with Crippen molar-refractivity contribution in [3.8, 4) is 16.8 Å². The molecule has 31 heavy (non-hydrogen) atoms. The van der Waals surface area contributed by atoms with Gasteiger partial charge >= 0.3 is 6.18 Å². The third kappa shape index (κ3) is 6.19. The van der Waals surface area contributed by atoms with Gasteiger partial charge in [0.1, 0.15) is 5.82 Å². The van der Waals surface area contributed by atoms with Gasteiger partial charge in [0.2, 0.25) is 0 Å². The molecule has 168 valence electrons. The fourth-order valence-electron chi connectivity index (χ4n) is 3.01. The van der Waals surface area contributed by atoms with Crippen LogP contribution in [-0.4, -0.2) is 24.2 Å². The Hall–Kier alpha value is -2.61. The Morgan fingerprint density at radius 2 is 1.61 bits per heavy atom. The van der Waals surface area contributed by atoms with Gasteiger partial charge in [0.05, 0.1) is 4.90 Å². The Kier molecular flexibility index (Phi) is 7.70. The van der Waals surface area contributed by atoms with Crippen LogP contribution in [0.1, 0.15) is 39.2 Å². The second-order valence-electron chi connectivity index (χ2n) is 7.35. The van der Waals surface area contributed by atoms with Crippen LogP contribution in [0.5, 0.6) is 0 Å². The van der Waals surface area contributed by atoms with E-state index in [1.54, 1.807) is 42.5 Å². The number of aromatic nitrogens is 2. The van der Waals surface area contributed by atoms with Crippen LogP contribution in [-0.2, 0) is 22.4 Å². The number of sulfone groups is 1. The molecule has 1 aromatic heterocycles. The van der Waals surface area contributed by atoms with Crippen molar-refractivity contribution in [2.45, 2.75) is 45.2 Å². The normalized spacial score (nSPS) is 11.9. The summed E-state index contributed by atoms with van der Waals surface area (Å²) in [7, 11) is -3.33. The minimum Gasteiger partial charge on any atom is -0.303 e. The van der Waals surface area contributed by atoms with E-state index < -0.39 is 21.7 Å². The van der Waals surface area contributed by atoms with Crippen LogP contribution in [0.15, 0.2) is 59.6 Å². The van der Waals surface area contributed by atoms with Crippen molar-refractivity contribution >= 4 is 9.84 Å². The van der Waals surface area contributed by atoms with E-state index in [1.165, 1.54) is 10.6 Å². The first kappa shape index (κ1) is 24.7. The first-order valence-corrected chi connectivity index (χ1v) is 11.9. The van der Waals surface area contributed by atoms with E-state index in [-0.39, 0.29) is 10.8 Å². The van der Waals surface area contributed by atoms with Gasteiger partial charge in [-0.3, -0.25) is 0 Å². The van der Waals surface area contributed by atoms with Crippen molar-refractivity contribution < 1.29 is 21.6 Å². The van der Waals surface area contributed by atoms with E-state index in [0.717, 1.165) is 18.0 Å². The molecule has 0 saturated carbocycles. The summed E-state index contributed by atoms with van der Waals surface area (Å²) in [6.07, 6.45) is -1.95. The molecule has 8 heteroatoms. The predicted molar refractivity (Wildman–Crippen MR) is 117 cm³/mol. The number of hydrogen-bond donors (Lipinski definition) is 0. The average Bonchev–Trinajstić information content (AvgIpc) is 3.13. The minimum absolute atomic E-state index is 0.148. The molecule has 0 aliphatic heterocycles. The number of nitrogens with zero attached hydrogens (tertiary/aromatic N) is 2. The monoisotopic (exact) mass is 452 g/mol. The van der Waals surface area contributed by atoms with Gasteiger partial charge in [-0.2, -0.15) is 13.2 Å². The number of halogens is 3. The van der Waals surface area contributed by atoms with Crippen LogP contribution in [0.2, 0.25) is 0 Å². The van der Waals surface area contributed by atoms with Gasteiger partial charge < -0.3 is 4.57 Å². The summed E-state index contributed by atoms with van der Waals surface area (Å²) >= 11 is 0. The van der Waals surface area contributed by atoms with Crippen molar-refractivity contribution in [2.24, 2.45) is 5.92 Å². The van der Waals surface area contributed by atoms with Gasteiger partial charge in [-0.1, -0.05) is 52.0 Å². The molecule has 0 spiro atoms. The summed E-state index contributed by atoms with van der Waals surface area (Å²) in [5.74, 6) is 0.495. The zero-order valence-corrected chi connectivity index (χ0v) is 19.1. The highest BCUT2D eigenvalue weighted by Crippen LogP contribution is 2.31. The fourth-order valence-corrected chi connectivity index (χ4v) is 3.68. The lowest BCUT2D eigenvalue weighted by molar-refractivity contribution is -0.141. The smallest absolute Gasteiger partial charge is 0.303 e. The van der Waals surface area contributed by atoms with Crippen LogP contribution < -0.4 is 0 Å². The van der Waals surface area contributed by atoms with E-state index >= 15 is 0 Å². The molecule has 0 radical (unpaired) electrons. The number of hydrogen-bond acceptors (Lipinski definition) is 3. The summed E-state index contributed by atoms with van der Waals surface area (Å²) in [6, 6.07) is 13.5. The predicted octanol–water partition coefficient (Wildman–Crippen LogP) is 6.19. The maximum absolute atomic E-state index is 13.1. The Balaban J connectivity index is 0.00000166. The van der Waals surface area contributed by atoms with Crippen LogP contribution in [0.4, 0.5) is 13.2 Å². The van der Waals surface area contributed by atoms with Gasteiger partial charge in [0.15, 0.2) is 15.5 Å². The Morgan fingerprint density at radius 1 is 1.00 bits per heavy atom. The highest BCUT2D eigenvalue weighted by Gasteiger charge is 2.35.